The highest BCUT2D eigenvalue weighted by Gasteiger charge is 2.45. The molecule has 1 N–H and O–H groups in total. The van der Waals surface area contributed by atoms with Crippen LogP contribution >= 0.6 is 11.3 Å². The number of benzene rings is 2. The van der Waals surface area contributed by atoms with Gasteiger partial charge in [-0.2, -0.15) is 0 Å². The maximum atomic E-state index is 13.9. The second-order valence-electron chi connectivity index (χ2n) is 9.58. The topological polar surface area (TPSA) is 75.7 Å². The number of anilines is 2. The summed E-state index contributed by atoms with van der Waals surface area (Å²) >= 11 is 1.67. The molecule has 6 nitrogen and oxygen atoms in total. The molecule has 182 valence electrons. The minimum absolute atomic E-state index is 0.0328. The average molecular weight is 499 g/mol. The van der Waals surface area contributed by atoms with Crippen LogP contribution in [-0.2, 0) is 14.3 Å². The van der Waals surface area contributed by atoms with E-state index >= 15 is 0 Å². The number of ketones is 1. The van der Waals surface area contributed by atoms with Gasteiger partial charge in [0.1, 0.15) is 0 Å². The van der Waals surface area contributed by atoms with Gasteiger partial charge in [0.05, 0.1) is 30.1 Å². The number of ether oxygens (including phenoxy) is 1. The molecule has 1 aromatic heterocycles. The molecule has 1 saturated carbocycles. The van der Waals surface area contributed by atoms with Crippen molar-refractivity contribution in [2.75, 3.05) is 17.3 Å². The van der Waals surface area contributed by atoms with Gasteiger partial charge in [0.15, 0.2) is 5.78 Å². The van der Waals surface area contributed by atoms with Crippen LogP contribution in [0.2, 0.25) is 0 Å². The monoisotopic (exact) mass is 498 g/mol. The SMILES string of the molecule is COC(=O)c1ccc([C@@H]2C3=C(C[C@@H](c4cccs4)CC3=O)Nc3ccccc3N2C(=O)C2CC2)cc1. The number of carbonyl (C=O) groups is 3. The molecule has 0 unspecified atom stereocenters. The Morgan fingerprint density at radius 1 is 1.00 bits per heavy atom. The molecular weight excluding hydrogens is 472 g/mol. The fourth-order valence-electron chi connectivity index (χ4n) is 5.32. The maximum absolute atomic E-state index is 13.9. The molecule has 6 rings (SSSR count). The molecule has 2 heterocycles. The minimum atomic E-state index is -0.576. The lowest BCUT2D eigenvalue weighted by atomic mass is 9.80. The minimum Gasteiger partial charge on any atom is -0.465 e. The van der Waals surface area contributed by atoms with Crippen molar-refractivity contribution < 1.29 is 19.1 Å². The predicted molar refractivity (Wildman–Crippen MR) is 139 cm³/mol. The summed E-state index contributed by atoms with van der Waals surface area (Å²) in [7, 11) is 1.35. The fourth-order valence-corrected chi connectivity index (χ4v) is 6.15. The average Bonchev–Trinajstić information content (AvgIpc) is 3.64. The number of thiophene rings is 1. The second kappa shape index (κ2) is 9.06. The number of hydrogen-bond donors (Lipinski definition) is 1. The zero-order chi connectivity index (χ0) is 24.8. The summed E-state index contributed by atoms with van der Waals surface area (Å²) in [5.41, 5.74) is 4.32. The summed E-state index contributed by atoms with van der Waals surface area (Å²) in [6.07, 6.45) is 2.82. The zero-order valence-electron chi connectivity index (χ0n) is 19.9. The summed E-state index contributed by atoms with van der Waals surface area (Å²) in [6, 6.07) is 18.4. The summed E-state index contributed by atoms with van der Waals surface area (Å²) in [6.45, 7) is 0. The van der Waals surface area contributed by atoms with Crippen molar-refractivity contribution in [3.05, 3.63) is 93.3 Å². The van der Waals surface area contributed by atoms with Gasteiger partial charge in [-0.15, -0.1) is 11.3 Å². The molecule has 2 atom stereocenters. The summed E-state index contributed by atoms with van der Waals surface area (Å²) in [5, 5.41) is 5.60. The van der Waals surface area contributed by atoms with E-state index in [4.69, 9.17) is 4.74 Å². The van der Waals surface area contributed by atoms with E-state index in [2.05, 4.69) is 11.4 Å². The number of nitrogens with zero attached hydrogens (tertiary/aromatic N) is 1. The maximum Gasteiger partial charge on any atom is 0.337 e. The Balaban J connectivity index is 1.53. The van der Waals surface area contributed by atoms with Crippen LogP contribution in [0.1, 0.15) is 58.4 Å². The number of Topliss-reactive ketones (excluding diaryl/α,β-unsaturated/α-hetero) is 1. The van der Waals surface area contributed by atoms with Crippen molar-refractivity contribution in [2.45, 2.75) is 37.6 Å². The lowest BCUT2D eigenvalue weighted by Gasteiger charge is -2.35. The van der Waals surface area contributed by atoms with Gasteiger partial charge < -0.3 is 10.1 Å². The van der Waals surface area contributed by atoms with E-state index in [1.807, 2.05) is 52.7 Å². The first-order valence-electron chi connectivity index (χ1n) is 12.2. The molecule has 0 spiro atoms. The van der Waals surface area contributed by atoms with Crippen LogP contribution in [0.4, 0.5) is 11.4 Å². The predicted octanol–water partition coefficient (Wildman–Crippen LogP) is 5.85. The van der Waals surface area contributed by atoms with Gasteiger partial charge in [0.2, 0.25) is 5.91 Å². The van der Waals surface area contributed by atoms with Crippen LogP contribution in [0.3, 0.4) is 0 Å². The molecule has 2 aromatic carbocycles. The highest BCUT2D eigenvalue weighted by Crippen LogP contribution is 2.49. The van der Waals surface area contributed by atoms with Crippen LogP contribution in [0.5, 0.6) is 0 Å². The number of para-hydroxylation sites is 2. The highest BCUT2D eigenvalue weighted by atomic mass is 32.1. The second-order valence-corrected chi connectivity index (χ2v) is 10.6. The largest absolute Gasteiger partial charge is 0.465 e. The molecule has 1 amide bonds. The summed E-state index contributed by atoms with van der Waals surface area (Å²) in [4.78, 5) is 42.8. The third-order valence-corrected chi connectivity index (χ3v) is 8.28. The van der Waals surface area contributed by atoms with Gasteiger partial charge in [-0.3, -0.25) is 14.5 Å². The molecule has 2 aliphatic carbocycles. The Morgan fingerprint density at radius 3 is 2.47 bits per heavy atom. The molecule has 1 aliphatic heterocycles. The number of esters is 1. The third kappa shape index (κ3) is 3.93. The van der Waals surface area contributed by atoms with Crippen molar-refractivity contribution in [1.82, 2.24) is 0 Å². The van der Waals surface area contributed by atoms with E-state index in [0.29, 0.717) is 24.0 Å². The number of carbonyl (C=O) groups excluding carboxylic acids is 3. The molecule has 7 heteroatoms. The highest BCUT2D eigenvalue weighted by molar-refractivity contribution is 7.10. The molecule has 0 radical (unpaired) electrons. The number of fused-ring (bicyclic) bond motifs is 1. The van der Waals surface area contributed by atoms with Gasteiger partial charge in [-0.1, -0.05) is 30.3 Å². The molecule has 1 fully saturated rings. The lowest BCUT2D eigenvalue weighted by Crippen LogP contribution is -2.39. The lowest BCUT2D eigenvalue weighted by molar-refractivity contribution is -0.120. The molecule has 0 bridgehead atoms. The van der Waals surface area contributed by atoms with Gasteiger partial charge in [-0.25, -0.2) is 4.79 Å². The normalized spacial score (nSPS) is 21.2. The number of rotatable bonds is 4. The van der Waals surface area contributed by atoms with Crippen molar-refractivity contribution in [1.29, 1.82) is 0 Å². The number of hydrogen-bond acceptors (Lipinski definition) is 6. The van der Waals surface area contributed by atoms with Crippen LogP contribution < -0.4 is 10.2 Å². The van der Waals surface area contributed by atoms with E-state index in [1.165, 1.54) is 12.0 Å². The van der Waals surface area contributed by atoms with Gasteiger partial charge in [0.25, 0.3) is 0 Å². The van der Waals surface area contributed by atoms with Crippen molar-refractivity contribution in [3.8, 4) is 0 Å². The number of nitrogens with one attached hydrogen (secondary N) is 1. The molecule has 3 aliphatic rings. The standard InChI is InChI=1S/C29H26N2O4S/c1-35-29(34)19-12-8-17(9-13-19)27-26-22(15-20(16-24(26)32)25-7-4-14-36-25)30-21-5-2-3-6-23(21)31(27)28(33)18-10-11-18/h2-9,12-14,18,20,27,30H,10-11,15-16H2,1H3/t20-,27-/m1/s1. The molecule has 3 aromatic rings. The van der Waals surface area contributed by atoms with Crippen molar-refractivity contribution >= 4 is 40.4 Å². The Hall–Kier alpha value is -3.71. The molecule has 0 saturated heterocycles. The van der Waals surface area contributed by atoms with E-state index in [1.54, 1.807) is 23.5 Å². The first-order valence-corrected chi connectivity index (χ1v) is 13.1. The molecule has 36 heavy (non-hydrogen) atoms. The fraction of sp³-hybridized carbons (Fsp3) is 0.276. The van der Waals surface area contributed by atoms with E-state index in [0.717, 1.165) is 35.5 Å². The Kier molecular flexibility index (Phi) is 5.72. The molecular formula is C29H26N2O4S. The Morgan fingerprint density at radius 2 is 1.78 bits per heavy atom. The quantitative estimate of drug-likeness (QED) is 0.457. The van der Waals surface area contributed by atoms with Gasteiger partial charge in [0, 0.05) is 34.4 Å². The summed E-state index contributed by atoms with van der Waals surface area (Å²) < 4.78 is 4.86. The van der Waals surface area contributed by atoms with Crippen LogP contribution in [0.15, 0.2) is 77.3 Å². The van der Waals surface area contributed by atoms with Crippen LogP contribution in [-0.4, -0.2) is 24.8 Å². The smallest absolute Gasteiger partial charge is 0.337 e. The number of amides is 1. The zero-order valence-corrected chi connectivity index (χ0v) is 20.7. The van der Waals surface area contributed by atoms with E-state index in [-0.39, 0.29) is 23.5 Å². The summed E-state index contributed by atoms with van der Waals surface area (Å²) in [5.74, 6) is -0.273. The Bertz CT molecular complexity index is 1370. The van der Waals surface area contributed by atoms with Crippen LogP contribution in [0, 0.1) is 5.92 Å². The van der Waals surface area contributed by atoms with Crippen molar-refractivity contribution in [2.24, 2.45) is 5.92 Å². The first-order chi connectivity index (χ1) is 17.5. The number of allylic oxidation sites excluding steroid dienone is 1. The van der Waals surface area contributed by atoms with E-state index in [9.17, 15) is 14.4 Å². The van der Waals surface area contributed by atoms with Gasteiger partial charge >= 0.3 is 5.97 Å². The first kappa shape index (κ1) is 22.7. The van der Waals surface area contributed by atoms with Crippen LogP contribution in [0.25, 0.3) is 0 Å². The van der Waals surface area contributed by atoms with Gasteiger partial charge in [-0.05, 0) is 60.5 Å². The number of methoxy groups -OCH3 is 1. The Labute approximate surface area is 213 Å². The van der Waals surface area contributed by atoms with Crippen molar-refractivity contribution in [3.63, 3.8) is 0 Å². The van der Waals surface area contributed by atoms with E-state index < -0.39 is 12.0 Å². The third-order valence-electron chi connectivity index (χ3n) is 7.25.